The van der Waals surface area contributed by atoms with Gasteiger partial charge in [0.15, 0.2) is 0 Å². The van der Waals surface area contributed by atoms with Crippen LogP contribution >= 0.6 is 0 Å². The Bertz CT molecular complexity index is 353. The van der Waals surface area contributed by atoms with Crippen molar-refractivity contribution in [3.8, 4) is 0 Å². The molecule has 0 aromatic rings. The Balaban J connectivity index is 1.97. The number of carbonyl (C=O) groups excluding carboxylic acids is 1. The molecule has 122 valence electrons. The molecule has 0 radical (unpaired) electrons. The molecule has 1 saturated heterocycles. The highest BCUT2D eigenvalue weighted by Crippen LogP contribution is 2.27. The fraction of sp³-hybridized carbons (Fsp3) is 0.938. The fourth-order valence-corrected chi connectivity index (χ4v) is 3.11. The van der Waals surface area contributed by atoms with Gasteiger partial charge in [0.2, 0.25) is 0 Å². The van der Waals surface area contributed by atoms with Gasteiger partial charge in [-0.15, -0.1) is 0 Å². The van der Waals surface area contributed by atoms with Crippen LogP contribution < -0.4 is 5.32 Å². The van der Waals surface area contributed by atoms with Crippen LogP contribution in [-0.2, 0) is 14.3 Å². The molecule has 0 amide bonds. The highest BCUT2D eigenvalue weighted by atomic mass is 16.5. The lowest BCUT2D eigenvalue weighted by Gasteiger charge is -2.36. The normalized spacial score (nSPS) is 26.6. The lowest BCUT2D eigenvalue weighted by molar-refractivity contribution is -0.151. The molecule has 1 N–H and O–H groups in total. The van der Waals surface area contributed by atoms with Gasteiger partial charge in [-0.05, 0) is 53.5 Å². The molecule has 2 fully saturated rings. The van der Waals surface area contributed by atoms with E-state index in [9.17, 15) is 4.79 Å². The molecule has 0 aromatic heterocycles. The van der Waals surface area contributed by atoms with Gasteiger partial charge in [0.25, 0.3) is 0 Å². The smallest absolute Gasteiger partial charge is 0.326 e. The number of ether oxygens (including phenoxy) is 2. The van der Waals surface area contributed by atoms with E-state index in [0.29, 0.717) is 24.7 Å². The Hall–Kier alpha value is -0.650. The second-order valence-electron chi connectivity index (χ2n) is 6.71. The lowest BCUT2D eigenvalue weighted by Crippen LogP contribution is -2.55. The highest BCUT2D eigenvalue weighted by molar-refractivity contribution is 5.80. The van der Waals surface area contributed by atoms with Gasteiger partial charge in [-0.1, -0.05) is 0 Å². The molecule has 21 heavy (non-hydrogen) atoms. The minimum atomic E-state index is -0.593. The van der Waals surface area contributed by atoms with Crippen molar-refractivity contribution in [2.24, 2.45) is 0 Å². The van der Waals surface area contributed by atoms with Crippen LogP contribution in [0.5, 0.6) is 0 Å². The van der Waals surface area contributed by atoms with E-state index < -0.39 is 5.54 Å². The number of hydrogen-bond donors (Lipinski definition) is 1. The summed E-state index contributed by atoms with van der Waals surface area (Å²) in [6.07, 6.45) is 4.16. The van der Waals surface area contributed by atoms with Crippen LogP contribution in [0, 0.1) is 0 Å². The van der Waals surface area contributed by atoms with Crippen LogP contribution in [0.2, 0.25) is 0 Å². The maximum absolute atomic E-state index is 12.4. The van der Waals surface area contributed by atoms with Crippen LogP contribution in [0.4, 0.5) is 0 Å². The molecule has 3 unspecified atom stereocenters. The molecule has 1 aliphatic heterocycles. The minimum Gasteiger partial charge on any atom is -0.465 e. The van der Waals surface area contributed by atoms with E-state index in [2.05, 4.69) is 24.2 Å². The summed E-state index contributed by atoms with van der Waals surface area (Å²) in [6, 6.07) is 1.25. The third-order valence-electron chi connectivity index (χ3n) is 4.71. The van der Waals surface area contributed by atoms with E-state index >= 15 is 0 Å². The summed E-state index contributed by atoms with van der Waals surface area (Å²) in [7, 11) is 2.13. The van der Waals surface area contributed by atoms with Gasteiger partial charge in [0, 0.05) is 24.7 Å². The summed E-state index contributed by atoms with van der Waals surface area (Å²) in [5, 5.41) is 3.50. The highest BCUT2D eigenvalue weighted by Gasteiger charge is 2.41. The molecule has 2 aliphatic rings. The zero-order valence-corrected chi connectivity index (χ0v) is 13.9. The van der Waals surface area contributed by atoms with Gasteiger partial charge in [0.05, 0.1) is 13.2 Å². The van der Waals surface area contributed by atoms with E-state index in [4.69, 9.17) is 9.47 Å². The first-order chi connectivity index (χ1) is 9.96. The van der Waals surface area contributed by atoms with Crippen LogP contribution in [0.25, 0.3) is 0 Å². The number of likely N-dealkylation sites (N-methyl/N-ethyl adjacent to an activating group) is 1. The number of nitrogens with zero attached hydrogens (tertiary/aromatic N) is 1. The van der Waals surface area contributed by atoms with E-state index in [0.717, 1.165) is 38.9 Å². The largest absolute Gasteiger partial charge is 0.465 e. The first kappa shape index (κ1) is 16.7. The summed E-state index contributed by atoms with van der Waals surface area (Å²) in [6.45, 7) is 8.11. The van der Waals surface area contributed by atoms with E-state index in [-0.39, 0.29) is 5.97 Å². The summed E-state index contributed by atoms with van der Waals surface area (Å²) in [5.41, 5.74) is -0.593. The molecule has 2 rings (SSSR count). The Morgan fingerprint density at radius 1 is 1.48 bits per heavy atom. The molecular formula is C16H30N2O3. The van der Waals surface area contributed by atoms with Crippen molar-refractivity contribution in [2.45, 2.75) is 70.1 Å². The number of hydrogen-bond acceptors (Lipinski definition) is 5. The predicted molar refractivity (Wildman–Crippen MR) is 82.3 cm³/mol. The van der Waals surface area contributed by atoms with Crippen molar-refractivity contribution in [3.05, 3.63) is 0 Å². The summed E-state index contributed by atoms with van der Waals surface area (Å²) in [5.74, 6) is -0.125. The number of esters is 1. The van der Waals surface area contributed by atoms with Gasteiger partial charge in [0.1, 0.15) is 5.54 Å². The van der Waals surface area contributed by atoms with Crippen molar-refractivity contribution in [2.75, 3.05) is 26.9 Å². The van der Waals surface area contributed by atoms with Crippen LogP contribution in [0.15, 0.2) is 0 Å². The number of nitrogens with one attached hydrogen (secondary N) is 1. The molecule has 5 heteroatoms. The second kappa shape index (κ2) is 7.07. The molecular weight excluding hydrogens is 268 g/mol. The van der Waals surface area contributed by atoms with Crippen molar-refractivity contribution in [1.82, 2.24) is 10.2 Å². The topological polar surface area (TPSA) is 50.8 Å². The molecule has 5 nitrogen and oxygen atoms in total. The number of rotatable bonds is 8. The Morgan fingerprint density at radius 3 is 2.71 bits per heavy atom. The van der Waals surface area contributed by atoms with E-state index in [1.54, 1.807) is 0 Å². The van der Waals surface area contributed by atoms with Gasteiger partial charge < -0.3 is 9.47 Å². The molecule has 1 saturated carbocycles. The van der Waals surface area contributed by atoms with Crippen molar-refractivity contribution in [1.29, 1.82) is 0 Å². The maximum Gasteiger partial charge on any atom is 0.326 e. The summed E-state index contributed by atoms with van der Waals surface area (Å²) >= 11 is 0. The van der Waals surface area contributed by atoms with Crippen LogP contribution in [-0.4, -0.2) is 61.4 Å². The van der Waals surface area contributed by atoms with Crippen molar-refractivity contribution < 1.29 is 14.3 Å². The average Bonchev–Trinajstić information content (AvgIpc) is 3.07. The summed E-state index contributed by atoms with van der Waals surface area (Å²) < 4.78 is 10.8. The first-order valence-electron chi connectivity index (χ1n) is 8.21. The maximum atomic E-state index is 12.4. The molecule has 3 atom stereocenters. The molecule has 1 heterocycles. The van der Waals surface area contributed by atoms with Crippen LogP contribution in [0.1, 0.15) is 46.5 Å². The predicted octanol–water partition coefficient (Wildman–Crippen LogP) is 1.56. The zero-order valence-electron chi connectivity index (χ0n) is 13.9. The molecule has 0 spiro atoms. The monoisotopic (exact) mass is 298 g/mol. The van der Waals surface area contributed by atoms with Gasteiger partial charge in [-0.2, -0.15) is 0 Å². The lowest BCUT2D eigenvalue weighted by atomic mass is 9.92. The molecule has 1 aliphatic carbocycles. The van der Waals surface area contributed by atoms with E-state index in [1.807, 2.05) is 13.8 Å². The summed E-state index contributed by atoms with van der Waals surface area (Å²) in [4.78, 5) is 14.7. The SMILES string of the molecule is CCOC(=O)C(C)(CC(C)N(C)C1CCOC1)NC1CC1. The Labute approximate surface area is 128 Å². The molecule has 0 aromatic carbocycles. The quantitative estimate of drug-likeness (QED) is 0.689. The molecule has 0 bridgehead atoms. The second-order valence-corrected chi connectivity index (χ2v) is 6.71. The van der Waals surface area contributed by atoms with Crippen LogP contribution in [0.3, 0.4) is 0 Å². The van der Waals surface area contributed by atoms with Crippen molar-refractivity contribution >= 4 is 5.97 Å². The third kappa shape index (κ3) is 4.41. The third-order valence-corrected chi connectivity index (χ3v) is 4.71. The fourth-order valence-electron chi connectivity index (χ4n) is 3.11. The average molecular weight is 298 g/mol. The van der Waals surface area contributed by atoms with Gasteiger partial charge in [-0.3, -0.25) is 15.0 Å². The Kier molecular flexibility index (Phi) is 5.63. The van der Waals surface area contributed by atoms with Gasteiger partial charge >= 0.3 is 5.97 Å². The Morgan fingerprint density at radius 2 is 2.19 bits per heavy atom. The van der Waals surface area contributed by atoms with E-state index in [1.165, 1.54) is 0 Å². The minimum absolute atomic E-state index is 0.125. The standard InChI is InChI=1S/C16H30N2O3/c1-5-21-15(19)16(3,17-13-6-7-13)10-12(2)18(4)14-8-9-20-11-14/h12-14,17H,5-11H2,1-4H3. The van der Waals surface area contributed by atoms with Gasteiger partial charge in [-0.25, -0.2) is 0 Å². The zero-order chi connectivity index (χ0) is 15.5. The first-order valence-corrected chi connectivity index (χ1v) is 8.21. The number of carbonyl (C=O) groups is 1. The van der Waals surface area contributed by atoms with Crippen molar-refractivity contribution in [3.63, 3.8) is 0 Å².